The van der Waals surface area contributed by atoms with Crippen molar-refractivity contribution < 1.29 is 31.8 Å². The number of pyridine rings is 1. The molecule has 0 spiro atoms. The minimum atomic E-state index is -4.65. The number of esters is 1. The molecular weight excluding hydrogens is 554 g/mol. The molecule has 0 saturated carbocycles. The lowest BCUT2D eigenvalue weighted by atomic mass is 10.0. The number of hydrogen-bond acceptors (Lipinski definition) is 7. The lowest BCUT2D eigenvalue weighted by Gasteiger charge is -2.19. The monoisotopic (exact) mass is 579 g/mol. The second-order valence-corrected chi connectivity index (χ2v) is 9.24. The summed E-state index contributed by atoms with van der Waals surface area (Å²) in [5, 5.41) is 4.31. The van der Waals surface area contributed by atoms with Crippen molar-refractivity contribution in [3.8, 4) is 39.8 Å². The minimum Gasteiger partial charge on any atom is -0.494 e. The van der Waals surface area contributed by atoms with Gasteiger partial charge in [0.2, 0.25) is 0 Å². The van der Waals surface area contributed by atoms with E-state index in [9.17, 15) is 22.4 Å². The van der Waals surface area contributed by atoms with Crippen LogP contribution in [0.15, 0.2) is 73.2 Å². The number of aromatic nitrogens is 5. The third kappa shape index (κ3) is 5.92. The van der Waals surface area contributed by atoms with E-state index in [1.165, 1.54) is 53.6 Å². The fraction of sp³-hybridized carbons (Fsp3) is 0.233. The van der Waals surface area contributed by atoms with Crippen LogP contribution in [0.4, 0.5) is 17.6 Å². The van der Waals surface area contributed by atoms with Gasteiger partial charge in [0.1, 0.15) is 23.0 Å². The van der Waals surface area contributed by atoms with Crippen molar-refractivity contribution in [2.45, 2.75) is 32.5 Å². The van der Waals surface area contributed by atoms with Crippen LogP contribution >= 0.6 is 0 Å². The van der Waals surface area contributed by atoms with Crippen LogP contribution in [0.2, 0.25) is 0 Å². The highest BCUT2D eigenvalue weighted by atomic mass is 19.4. The molecule has 42 heavy (non-hydrogen) atoms. The van der Waals surface area contributed by atoms with Gasteiger partial charge in [0, 0.05) is 17.3 Å². The van der Waals surface area contributed by atoms with E-state index in [-0.39, 0.29) is 41.6 Å². The normalized spacial score (nSPS) is 12.3. The van der Waals surface area contributed by atoms with Gasteiger partial charge in [-0.3, -0.25) is 9.67 Å². The van der Waals surface area contributed by atoms with Crippen molar-refractivity contribution in [1.29, 1.82) is 0 Å². The molecule has 2 aliphatic heterocycles. The average Bonchev–Trinajstić information content (AvgIpc) is 3.40. The van der Waals surface area contributed by atoms with Gasteiger partial charge in [0.25, 0.3) is 0 Å². The van der Waals surface area contributed by atoms with Crippen LogP contribution in [0.3, 0.4) is 0 Å². The van der Waals surface area contributed by atoms with Crippen LogP contribution in [0, 0.1) is 5.82 Å². The van der Waals surface area contributed by atoms with Crippen molar-refractivity contribution >= 4 is 5.97 Å². The number of ether oxygens (including phenoxy) is 2. The fourth-order valence-electron chi connectivity index (χ4n) is 4.38. The van der Waals surface area contributed by atoms with Gasteiger partial charge >= 0.3 is 12.1 Å². The Bertz CT molecular complexity index is 1670. The largest absolute Gasteiger partial charge is 0.494 e. The number of hydrogen-bond donors (Lipinski definition) is 0. The maximum Gasteiger partial charge on any atom is 0.417 e. The molecule has 0 saturated heterocycles. The number of nitrogens with zero attached hydrogens (tertiary/aromatic N) is 5. The Labute approximate surface area is 238 Å². The molecule has 8 nitrogen and oxygen atoms in total. The Balaban J connectivity index is 1.51. The molecule has 0 amide bonds. The number of rotatable bonds is 9. The first-order valence-corrected chi connectivity index (χ1v) is 13.1. The summed E-state index contributed by atoms with van der Waals surface area (Å²) in [4.78, 5) is 26.1. The zero-order valence-corrected chi connectivity index (χ0v) is 22.6. The lowest BCUT2D eigenvalue weighted by Crippen LogP contribution is -2.25. The molecular formula is C30H25F4N5O3. The van der Waals surface area contributed by atoms with Gasteiger partial charge in [-0.1, -0.05) is 25.1 Å². The molecule has 0 aliphatic carbocycles. The predicted molar refractivity (Wildman–Crippen MR) is 145 cm³/mol. The molecule has 0 bridgehead atoms. The number of carbonyl (C=O) groups is 1. The van der Waals surface area contributed by atoms with Crippen LogP contribution in [-0.4, -0.2) is 43.9 Å². The number of carbonyl (C=O) groups excluding carboxylic acids is 1. The smallest absolute Gasteiger partial charge is 0.417 e. The molecule has 1 atom stereocenters. The summed E-state index contributed by atoms with van der Waals surface area (Å²) in [5.41, 5.74) is 0.296. The first-order chi connectivity index (χ1) is 20.2. The summed E-state index contributed by atoms with van der Waals surface area (Å²) in [6, 6.07) is 11.6. The number of halogens is 4. The van der Waals surface area contributed by atoms with Crippen LogP contribution in [-0.2, 0) is 15.7 Å². The maximum atomic E-state index is 14.3. The Hall–Kier alpha value is -4.87. The van der Waals surface area contributed by atoms with Gasteiger partial charge in [-0.25, -0.2) is 19.2 Å². The van der Waals surface area contributed by atoms with Gasteiger partial charge in [0.05, 0.1) is 42.4 Å². The Kier molecular flexibility index (Phi) is 8.14. The zero-order chi connectivity index (χ0) is 29.9. The average molecular weight is 580 g/mol. The first kappa shape index (κ1) is 28.7. The topological polar surface area (TPSA) is 92.0 Å². The molecule has 12 heteroatoms. The van der Waals surface area contributed by atoms with E-state index in [1.807, 2.05) is 6.92 Å². The molecule has 5 rings (SSSR count). The Morgan fingerprint density at radius 1 is 0.952 bits per heavy atom. The van der Waals surface area contributed by atoms with E-state index in [0.29, 0.717) is 23.4 Å². The number of imidazole rings is 1. The van der Waals surface area contributed by atoms with Crippen LogP contribution < -0.4 is 4.74 Å². The third-order valence-electron chi connectivity index (χ3n) is 6.32. The molecule has 0 fully saturated rings. The quantitative estimate of drug-likeness (QED) is 0.143. The number of alkyl halides is 3. The second-order valence-electron chi connectivity index (χ2n) is 9.24. The molecule has 1 unspecified atom stereocenters. The lowest BCUT2D eigenvalue weighted by molar-refractivity contribution is -0.146. The van der Waals surface area contributed by atoms with E-state index >= 15 is 0 Å². The molecule has 3 aromatic rings. The molecule has 3 heterocycles. The zero-order valence-electron chi connectivity index (χ0n) is 22.6. The predicted octanol–water partition coefficient (Wildman–Crippen LogP) is 6.61. The molecule has 0 radical (unpaired) electrons. The van der Waals surface area contributed by atoms with E-state index in [4.69, 9.17) is 9.47 Å². The van der Waals surface area contributed by atoms with Crippen LogP contribution in [0.1, 0.15) is 37.4 Å². The molecule has 1 aromatic heterocycles. The van der Waals surface area contributed by atoms with Gasteiger partial charge in [-0.05, 0) is 49.7 Å². The highest BCUT2D eigenvalue weighted by Crippen LogP contribution is 2.39. The van der Waals surface area contributed by atoms with Crippen molar-refractivity contribution in [2.75, 3.05) is 13.2 Å². The number of benzene rings is 2. The van der Waals surface area contributed by atoms with E-state index in [0.717, 1.165) is 6.07 Å². The minimum absolute atomic E-state index is 0.0561. The third-order valence-corrected chi connectivity index (χ3v) is 6.32. The van der Waals surface area contributed by atoms with Crippen LogP contribution in [0.5, 0.6) is 5.75 Å². The maximum absolute atomic E-state index is 14.3. The van der Waals surface area contributed by atoms with Gasteiger partial charge in [-0.2, -0.15) is 18.3 Å². The van der Waals surface area contributed by atoms with E-state index in [2.05, 4.69) is 20.1 Å². The Morgan fingerprint density at radius 2 is 1.74 bits per heavy atom. The summed E-state index contributed by atoms with van der Waals surface area (Å²) in [5.74, 6) is -0.876. The SMILES string of the molecule is CCCOc1ccc(-c2ccc(C(C(=O)OCC)n3cc4nc(-c5ccccc5F)nc-4cn3)cn2)c(C(F)(F)F)c1. The van der Waals surface area contributed by atoms with Gasteiger partial charge < -0.3 is 9.47 Å². The highest BCUT2D eigenvalue weighted by Gasteiger charge is 2.35. The summed E-state index contributed by atoms with van der Waals surface area (Å²) in [7, 11) is 0. The van der Waals surface area contributed by atoms with Crippen molar-refractivity contribution in [3.63, 3.8) is 0 Å². The summed E-state index contributed by atoms with van der Waals surface area (Å²) >= 11 is 0. The molecule has 216 valence electrons. The fourth-order valence-corrected chi connectivity index (χ4v) is 4.38. The molecule has 2 aliphatic rings. The number of fused-ring (bicyclic) bond motifs is 1. The summed E-state index contributed by atoms with van der Waals surface area (Å²) < 4.78 is 68.0. The summed E-state index contributed by atoms with van der Waals surface area (Å²) in [6.45, 7) is 3.87. The second kappa shape index (κ2) is 11.9. The van der Waals surface area contributed by atoms with Gasteiger partial charge in [-0.15, -0.1) is 0 Å². The van der Waals surface area contributed by atoms with Crippen LogP contribution in [0.25, 0.3) is 34.0 Å². The van der Waals surface area contributed by atoms with E-state index < -0.39 is 29.6 Å². The standard InChI is InChI=1S/C30H25F4N5O3/c1-3-13-42-19-10-11-20(22(14-19)30(32,33)34)24-12-9-18(15-35-24)27(29(40)41-4-2)39-17-26-25(16-36-39)37-28(38-26)21-7-5-6-8-23(21)31/h5-12,14-17,27H,3-4,13H2,1-2H3. The highest BCUT2D eigenvalue weighted by molar-refractivity contribution is 5.78. The van der Waals surface area contributed by atoms with Crippen molar-refractivity contribution in [1.82, 2.24) is 24.7 Å². The van der Waals surface area contributed by atoms with E-state index in [1.54, 1.807) is 25.1 Å². The first-order valence-electron chi connectivity index (χ1n) is 13.1. The Morgan fingerprint density at radius 3 is 2.43 bits per heavy atom. The van der Waals surface area contributed by atoms with Gasteiger partial charge in [0.15, 0.2) is 11.9 Å². The molecule has 0 N–H and O–H groups in total. The van der Waals surface area contributed by atoms with Crippen molar-refractivity contribution in [2.24, 2.45) is 0 Å². The molecule has 2 aromatic carbocycles. The summed E-state index contributed by atoms with van der Waals surface area (Å²) in [6.07, 6.45) is 0.168. The van der Waals surface area contributed by atoms with Crippen molar-refractivity contribution in [3.05, 3.63) is 90.1 Å².